The minimum absolute atomic E-state index is 0.151. The molecule has 6 heteroatoms. The lowest BCUT2D eigenvalue weighted by molar-refractivity contribution is -0.128. The topological polar surface area (TPSA) is 87.3 Å². The molecule has 0 saturated carbocycles. The van der Waals surface area contributed by atoms with Crippen LogP contribution in [0.4, 0.5) is 0 Å². The Morgan fingerprint density at radius 1 is 1.11 bits per heavy atom. The quantitative estimate of drug-likeness (QED) is 0.645. The van der Waals surface area contributed by atoms with Crippen molar-refractivity contribution in [1.29, 1.82) is 0 Å². The highest BCUT2D eigenvalue weighted by Crippen LogP contribution is 2.10. The Kier molecular flexibility index (Phi) is 4.12. The van der Waals surface area contributed by atoms with Crippen LogP contribution in [0.25, 0.3) is 0 Å². The van der Waals surface area contributed by atoms with Gasteiger partial charge in [-0.2, -0.15) is 0 Å². The highest BCUT2D eigenvalue weighted by Gasteiger charge is 2.32. The number of nitrogens with one attached hydrogen (secondary N) is 3. The fourth-order valence-electron chi connectivity index (χ4n) is 1.84. The van der Waals surface area contributed by atoms with Crippen LogP contribution in [-0.2, 0) is 20.9 Å². The molecular formula is C13H15N3O3. The van der Waals surface area contributed by atoms with E-state index >= 15 is 0 Å². The van der Waals surface area contributed by atoms with Gasteiger partial charge in [-0.1, -0.05) is 30.3 Å². The zero-order chi connectivity index (χ0) is 13.7. The molecule has 3 N–H and O–H groups in total. The first kappa shape index (κ1) is 13.1. The predicted molar refractivity (Wildman–Crippen MR) is 67.3 cm³/mol. The molecule has 1 saturated heterocycles. The van der Waals surface area contributed by atoms with Gasteiger partial charge >= 0.3 is 0 Å². The van der Waals surface area contributed by atoms with Gasteiger partial charge in [-0.05, 0) is 12.0 Å². The Morgan fingerprint density at radius 2 is 1.74 bits per heavy atom. The number of benzene rings is 1. The summed E-state index contributed by atoms with van der Waals surface area (Å²) in [5, 5.41) is 2.75. The van der Waals surface area contributed by atoms with Crippen LogP contribution in [0.2, 0.25) is 0 Å². The van der Waals surface area contributed by atoms with Crippen molar-refractivity contribution in [3.8, 4) is 0 Å². The number of hydrogen-bond acceptors (Lipinski definition) is 3. The van der Waals surface area contributed by atoms with E-state index in [9.17, 15) is 14.4 Å². The van der Waals surface area contributed by atoms with E-state index in [1.165, 1.54) is 0 Å². The van der Waals surface area contributed by atoms with Crippen LogP contribution in [-0.4, -0.2) is 17.7 Å². The van der Waals surface area contributed by atoms with Crippen LogP contribution in [0.15, 0.2) is 30.3 Å². The van der Waals surface area contributed by atoms with E-state index in [2.05, 4.69) is 16.2 Å². The molecule has 2 rings (SSSR count). The predicted octanol–water partition coefficient (Wildman–Crippen LogP) is -0.140. The third-order valence-corrected chi connectivity index (χ3v) is 2.93. The molecule has 1 aromatic carbocycles. The SMILES string of the molecule is O=C(CCC1C(=O)NNC1=O)NCc1ccccc1. The second-order valence-corrected chi connectivity index (χ2v) is 4.33. The normalized spacial score (nSPS) is 14.9. The van der Waals surface area contributed by atoms with Gasteiger partial charge in [0.2, 0.25) is 5.91 Å². The van der Waals surface area contributed by atoms with Crippen molar-refractivity contribution < 1.29 is 14.4 Å². The Bertz CT molecular complexity index is 471. The first-order valence-corrected chi connectivity index (χ1v) is 6.07. The highest BCUT2D eigenvalue weighted by molar-refractivity contribution is 6.05. The van der Waals surface area contributed by atoms with E-state index in [4.69, 9.17) is 0 Å². The van der Waals surface area contributed by atoms with Crippen molar-refractivity contribution in [2.75, 3.05) is 0 Å². The largest absolute Gasteiger partial charge is 0.352 e. The fourth-order valence-corrected chi connectivity index (χ4v) is 1.84. The lowest BCUT2D eigenvalue weighted by atomic mass is 10.0. The molecule has 1 aromatic rings. The molecule has 1 fully saturated rings. The monoisotopic (exact) mass is 261 g/mol. The molecule has 6 nitrogen and oxygen atoms in total. The average molecular weight is 261 g/mol. The summed E-state index contributed by atoms with van der Waals surface area (Å²) in [5.74, 6) is -1.68. The summed E-state index contributed by atoms with van der Waals surface area (Å²) in [6.07, 6.45) is 0.372. The first-order valence-electron chi connectivity index (χ1n) is 6.07. The smallest absolute Gasteiger partial charge is 0.251 e. The van der Waals surface area contributed by atoms with Gasteiger partial charge in [0.1, 0.15) is 5.92 Å². The molecule has 0 bridgehead atoms. The molecule has 0 aromatic heterocycles. The Labute approximate surface area is 110 Å². The molecular weight excluding hydrogens is 246 g/mol. The fraction of sp³-hybridized carbons (Fsp3) is 0.308. The summed E-state index contributed by atoms with van der Waals surface area (Å²) in [6.45, 7) is 0.447. The number of carbonyl (C=O) groups is 3. The van der Waals surface area contributed by atoms with Crippen LogP contribution < -0.4 is 16.2 Å². The zero-order valence-corrected chi connectivity index (χ0v) is 10.3. The van der Waals surface area contributed by atoms with E-state index in [1.807, 2.05) is 30.3 Å². The van der Waals surface area contributed by atoms with Gasteiger partial charge in [0, 0.05) is 13.0 Å². The van der Waals surface area contributed by atoms with Gasteiger partial charge in [-0.3, -0.25) is 25.2 Å². The van der Waals surface area contributed by atoms with Gasteiger partial charge in [0.05, 0.1) is 0 Å². The van der Waals surface area contributed by atoms with E-state index in [1.54, 1.807) is 0 Å². The maximum Gasteiger partial charge on any atom is 0.251 e. The molecule has 1 aliphatic heterocycles. The maximum absolute atomic E-state index is 11.6. The number of carbonyl (C=O) groups excluding carboxylic acids is 3. The average Bonchev–Trinajstić information content (AvgIpc) is 2.75. The standard InChI is InChI=1S/C13H15N3O3/c17-11(14-8-9-4-2-1-3-5-9)7-6-10-12(18)15-16-13(10)19/h1-5,10H,6-8H2,(H,14,17)(H,15,18)(H,16,19). The van der Waals surface area contributed by atoms with E-state index in [-0.39, 0.29) is 30.6 Å². The van der Waals surface area contributed by atoms with Gasteiger partial charge < -0.3 is 5.32 Å². The van der Waals surface area contributed by atoms with Crippen molar-refractivity contribution in [3.05, 3.63) is 35.9 Å². The van der Waals surface area contributed by atoms with Crippen molar-refractivity contribution in [2.24, 2.45) is 5.92 Å². The summed E-state index contributed by atoms with van der Waals surface area (Å²) in [7, 11) is 0. The summed E-state index contributed by atoms with van der Waals surface area (Å²) < 4.78 is 0. The van der Waals surface area contributed by atoms with Gasteiger partial charge in [-0.25, -0.2) is 0 Å². The second kappa shape index (κ2) is 5.99. The molecule has 3 amide bonds. The molecule has 0 unspecified atom stereocenters. The molecule has 0 atom stereocenters. The number of amides is 3. The Hall–Kier alpha value is -2.37. The number of rotatable bonds is 5. The number of hydrazine groups is 1. The third-order valence-electron chi connectivity index (χ3n) is 2.93. The van der Waals surface area contributed by atoms with E-state index < -0.39 is 5.92 Å². The summed E-state index contributed by atoms with van der Waals surface area (Å²) in [6, 6.07) is 9.53. The third kappa shape index (κ3) is 3.54. The van der Waals surface area contributed by atoms with Gasteiger partial charge in [0.15, 0.2) is 0 Å². The summed E-state index contributed by atoms with van der Waals surface area (Å²) >= 11 is 0. The van der Waals surface area contributed by atoms with Crippen LogP contribution >= 0.6 is 0 Å². The molecule has 1 heterocycles. The molecule has 100 valence electrons. The molecule has 0 aliphatic carbocycles. The first-order chi connectivity index (χ1) is 9.16. The van der Waals surface area contributed by atoms with Crippen LogP contribution in [0, 0.1) is 5.92 Å². The highest BCUT2D eigenvalue weighted by atomic mass is 16.2. The van der Waals surface area contributed by atoms with Crippen LogP contribution in [0.1, 0.15) is 18.4 Å². The van der Waals surface area contributed by atoms with Gasteiger partial charge in [0.25, 0.3) is 11.8 Å². The zero-order valence-electron chi connectivity index (χ0n) is 10.3. The van der Waals surface area contributed by atoms with E-state index in [0.29, 0.717) is 6.54 Å². The summed E-state index contributed by atoms with van der Waals surface area (Å²) in [4.78, 5) is 34.1. The second-order valence-electron chi connectivity index (χ2n) is 4.33. The van der Waals surface area contributed by atoms with Crippen molar-refractivity contribution in [3.63, 3.8) is 0 Å². The molecule has 0 spiro atoms. The van der Waals surface area contributed by atoms with Crippen molar-refractivity contribution in [1.82, 2.24) is 16.2 Å². The minimum atomic E-state index is -0.762. The Morgan fingerprint density at radius 3 is 2.37 bits per heavy atom. The van der Waals surface area contributed by atoms with Crippen LogP contribution in [0.5, 0.6) is 0 Å². The lowest BCUT2D eigenvalue weighted by Crippen LogP contribution is -2.28. The Balaban J connectivity index is 1.73. The number of hydrogen-bond donors (Lipinski definition) is 3. The van der Waals surface area contributed by atoms with Crippen molar-refractivity contribution in [2.45, 2.75) is 19.4 Å². The molecule has 0 radical (unpaired) electrons. The lowest BCUT2D eigenvalue weighted by Gasteiger charge is -2.06. The maximum atomic E-state index is 11.6. The molecule has 19 heavy (non-hydrogen) atoms. The van der Waals surface area contributed by atoms with Gasteiger partial charge in [-0.15, -0.1) is 0 Å². The minimum Gasteiger partial charge on any atom is -0.352 e. The van der Waals surface area contributed by atoms with E-state index in [0.717, 1.165) is 5.56 Å². The van der Waals surface area contributed by atoms with Crippen molar-refractivity contribution >= 4 is 17.7 Å². The molecule has 1 aliphatic rings. The van der Waals surface area contributed by atoms with Crippen LogP contribution in [0.3, 0.4) is 0 Å². The summed E-state index contributed by atoms with van der Waals surface area (Å²) in [5.41, 5.74) is 5.47.